The first-order chi connectivity index (χ1) is 9.56. The van der Waals surface area contributed by atoms with Crippen molar-refractivity contribution in [3.8, 4) is 0 Å². The van der Waals surface area contributed by atoms with Crippen molar-refractivity contribution in [2.45, 2.75) is 32.2 Å². The van der Waals surface area contributed by atoms with Crippen LogP contribution in [0, 0.1) is 11.7 Å². The fourth-order valence-corrected chi connectivity index (χ4v) is 2.96. The van der Waals surface area contributed by atoms with Crippen LogP contribution in [0.15, 0.2) is 18.2 Å². The van der Waals surface area contributed by atoms with Gasteiger partial charge in [0.05, 0.1) is 0 Å². The highest BCUT2D eigenvalue weighted by atomic mass is 35.5. The number of aliphatic carboxylic acids is 1. The molecule has 20 heavy (non-hydrogen) atoms. The van der Waals surface area contributed by atoms with Gasteiger partial charge in [-0.1, -0.05) is 17.7 Å². The number of carboxylic acid groups (broad SMARTS) is 1. The summed E-state index contributed by atoms with van der Waals surface area (Å²) >= 11 is 6.04. The Morgan fingerprint density at radius 2 is 2.20 bits per heavy atom. The summed E-state index contributed by atoms with van der Waals surface area (Å²) in [6.45, 7) is 2.15. The third kappa shape index (κ3) is 4.18. The average Bonchev–Trinajstić information content (AvgIpc) is 2.59. The van der Waals surface area contributed by atoms with Gasteiger partial charge in [0, 0.05) is 23.6 Å². The molecule has 1 unspecified atom stereocenters. The second-order valence-corrected chi connectivity index (χ2v) is 5.78. The van der Waals surface area contributed by atoms with Crippen LogP contribution in [-0.4, -0.2) is 29.1 Å². The predicted octanol–water partition coefficient (Wildman–Crippen LogP) is 3.56. The Labute approximate surface area is 123 Å². The van der Waals surface area contributed by atoms with Gasteiger partial charge in [0.1, 0.15) is 5.82 Å². The second kappa shape index (κ2) is 7.04. The van der Waals surface area contributed by atoms with E-state index in [1.54, 1.807) is 12.1 Å². The Balaban J connectivity index is 1.96. The normalized spacial score (nSPS) is 20.6. The van der Waals surface area contributed by atoms with E-state index in [0.717, 1.165) is 32.4 Å². The van der Waals surface area contributed by atoms with Crippen molar-refractivity contribution in [3.05, 3.63) is 34.6 Å². The molecule has 0 spiro atoms. The van der Waals surface area contributed by atoms with Crippen LogP contribution in [0.1, 0.15) is 31.2 Å². The van der Waals surface area contributed by atoms with Crippen LogP contribution in [0.25, 0.3) is 0 Å². The molecule has 1 heterocycles. The van der Waals surface area contributed by atoms with Gasteiger partial charge >= 0.3 is 5.97 Å². The first-order valence-electron chi connectivity index (χ1n) is 6.93. The van der Waals surface area contributed by atoms with Crippen molar-refractivity contribution in [1.29, 1.82) is 0 Å². The number of carbonyl (C=O) groups is 1. The van der Waals surface area contributed by atoms with Crippen LogP contribution in [0.3, 0.4) is 0 Å². The van der Waals surface area contributed by atoms with Crippen molar-refractivity contribution in [2.24, 2.45) is 5.92 Å². The number of hydrogen-bond acceptors (Lipinski definition) is 2. The number of hydrogen-bond donors (Lipinski definition) is 1. The molecule has 1 saturated heterocycles. The van der Waals surface area contributed by atoms with E-state index in [1.807, 2.05) is 0 Å². The highest BCUT2D eigenvalue weighted by molar-refractivity contribution is 6.31. The van der Waals surface area contributed by atoms with Gasteiger partial charge in [-0.15, -0.1) is 0 Å². The molecule has 0 aliphatic carbocycles. The van der Waals surface area contributed by atoms with Crippen LogP contribution in [0.5, 0.6) is 0 Å². The van der Waals surface area contributed by atoms with E-state index in [2.05, 4.69) is 4.90 Å². The lowest BCUT2D eigenvalue weighted by atomic mass is 9.97. The number of rotatable bonds is 4. The molecule has 5 heteroatoms. The largest absolute Gasteiger partial charge is 0.481 e. The van der Waals surface area contributed by atoms with Crippen LogP contribution in [0.4, 0.5) is 4.39 Å². The van der Waals surface area contributed by atoms with Crippen molar-refractivity contribution in [3.63, 3.8) is 0 Å². The molecule has 1 aliphatic heterocycles. The summed E-state index contributed by atoms with van der Waals surface area (Å²) in [5.41, 5.74) is 0.533. The molecule has 1 aromatic rings. The van der Waals surface area contributed by atoms with E-state index < -0.39 is 5.97 Å². The molecule has 1 atom stereocenters. The topological polar surface area (TPSA) is 40.5 Å². The minimum Gasteiger partial charge on any atom is -0.481 e. The zero-order chi connectivity index (χ0) is 14.5. The van der Waals surface area contributed by atoms with E-state index in [-0.39, 0.29) is 18.2 Å². The zero-order valence-electron chi connectivity index (χ0n) is 11.3. The summed E-state index contributed by atoms with van der Waals surface area (Å²) in [6, 6.07) is 4.73. The van der Waals surface area contributed by atoms with Crippen molar-refractivity contribution in [2.75, 3.05) is 13.1 Å². The van der Waals surface area contributed by atoms with Crippen molar-refractivity contribution >= 4 is 17.6 Å². The van der Waals surface area contributed by atoms with E-state index in [9.17, 15) is 9.18 Å². The maximum absolute atomic E-state index is 13.8. The number of likely N-dealkylation sites (tertiary alicyclic amines) is 1. The predicted molar refractivity (Wildman–Crippen MR) is 76.3 cm³/mol. The van der Waals surface area contributed by atoms with E-state index in [0.29, 0.717) is 17.1 Å². The Bertz CT molecular complexity index is 461. The van der Waals surface area contributed by atoms with Crippen LogP contribution in [0.2, 0.25) is 5.02 Å². The lowest BCUT2D eigenvalue weighted by molar-refractivity contribution is -0.138. The van der Waals surface area contributed by atoms with Gasteiger partial charge in [0.15, 0.2) is 0 Å². The van der Waals surface area contributed by atoms with Crippen LogP contribution < -0.4 is 0 Å². The molecule has 1 N–H and O–H groups in total. The Kier molecular flexibility index (Phi) is 5.38. The Hall–Kier alpha value is -1.13. The standard InChI is InChI=1S/C15H19ClFNO2/c16-13-4-1-5-14(17)12(13)10-18-7-2-3-11(6-8-18)9-15(19)20/h1,4-5,11H,2-3,6-10H2,(H,19,20). The molecule has 2 rings (SSSR count). The average molecular weight is 300 g/mol. The van der Waals surface area contributed by atoms with Crippen molar-refractivity contribution in [1.82, 2.24) is 4.90 Å². The molecule has 0 saturated carbocycles. The Morgan fingerprint density at radius 3 is 2.90 bits per heavy atom. The van der Waals surface area contributed by atoms with Crippen LogP contribution >= 0.6 is 11.6 Å². The summed E-state index contributed by atoms with van der Waals surface area (Å²) < 4.78 is 13.8. The molecule has 1 aliphatic rings. The summed E-state index contributed by atoms with van der Waals surface area (Å²) in [4.78, 5) is 12.9. The van der Waals surface area contributed by atoms with Gasteiger partial charge in [-0.2, -0.15) is 0 Å². The Morgan fingerprint density at radius 1 is 1.40 bits per heavy atom. The number of benzene rings is 1. The lowest BCUT2D eigenvalue weighted by Crippen LogP contribution is -2.25. The highest BCUT2D eigenvalue weighted by Gasteiger charge is 2.20. The van der Waals surface area contributed by atoms with Gasteiger partial charge in [-0.3, -0.25) is 9.69 Å². The fraction of sp³-hybridized carbons (Fsp3) is 0.533. The van der Waals surface area contributed by atoms with Crippen LogP contribution in [-0.2, 0) is 11.3 Å². The van der Waals surface area contributed by atoms with Gasteiger partial charge in [-0.05, 0) is 50.4 Å². The minimum atomic E-state index is -0.736. The third-order valence-electron chi connectivity index (χ3n) is 3.85. The van der Waals surface area contributed by atoms with E-state index in [4.69, 9.17) is 16.7 Å². The maximum atomic E-state index is 13.8. The molecule has 3 nitrogen and oxygen atoms in total. The molecule has 0 bridgehead atoms. The first-order valence-corrected chi connectivity index (χ1v) is 7.31. The number of carboxylic acids is 1. The lowest BCUT2D eigenvalue weighted by Gasteiger charge is -2.21. The molecule has 1 aromatic carbocycles. The number of nitrogens with zero attached hydrogens (tertiary/aromatic N) is 1. The molecule has 0 aromatic heterocycles. The summed E-state index contributed by atoms with van der Waals surface area (Å²) in [6.07, 6.45) is 2.95. The smallest absolute Gasteiger partial charge is 0.303 e. The second-order valence-electron chi connectivity index (χ2n) is 5.37. The SMILES string of the molecule is O=C(O)CC1CCCN(Cc2c(F)cccc2Cl)CC1. The fourth-order valence-electron chi connectivity index (χ4n) is 2.74. The minimum absolute atomic E-state index is 0.230. The van der Waals surface area contributed by atoms with Crippen molar-refractivity contribution < 1.29 is 14.3 Å². The molecular weight excluding hydrogens is 281 g/mol. The molecule has 1 fully saturated rings. The molecular formula is C15H19ClFNO2. The molecule has 0 radical (unpaired) electrons. The maximum Gasteiger partial charge on any atom is 0.303 e. The molecule has 0 amide bonds. The zero-order valence-corrected chi connectivity index (χ0v) is 12.1. The van der Waals surface area contributed by atoms with Gasteiger partial charge in [0.2, 0.25) is 0 Å². The monoisotopic (exact) mass is 299 g/mol. The summed E-state index contributed by atoms with van der Waals surface area (Å²) in [5.74, 6) is -0.780. The van der Waals surface area contributed by atoms with E-state index >= 15 is 0 Å². The van der Waals surface area contributed by atoms with Gasteiger partial charge in [-0.25, -0.2) is 4.39 Å². The van der Waals surface area contributed by atoms with E-state index in [1.165, 1.54) is 6.07 Å². The van der Waals surface area contributed by atoms with Gasteiger partial charge < -0.3 is 5.11 Å². The summed E-state index contributed by atoms with van der Waals surface area (Å²) in [7, 11) is 0. The summed E-state index contributed by atoms with van der Waals surface area (Å²) in [5, 5.41) is 9.31. The quantitative estimate of drug-likeness (QED) is 0.924. The number of halogens is 2. The van der Waals surface area contributed by atoms with Gasteiger partial charge in [0.25, 0.3) is 0 Å². The first kappa shape index (κ1) is 15.3. The highest BCUT2D eigenvalue weighted by Crippen LogP contribution is 2.25. The molecule has 110 valence electrons. The third-order valence-corrected chi connectivity index (χ3v) is 4.20.